The van der Waals surface area contributed by atoms with Crippen molar-refractivity contribution in [1.82, 2.24) is 15.5 Å². The van der Waals surface area contributed by atoms with Crippen LogP contribution >= 0.6 is 24.0 Å². The molecule has 0 bridgehead atoms. The summed E-state index contributed by atoms with van der Waals surface area (Å²) in [4.78, 5) is 6.97. The van der Waals surface area contributed by atoms with Gasteiger partial charge >= 0.3 is 0 Å². The van der Waals surface area contributed by atoms with E-state index >= 15 is 0 Å². The van der Waals surface area contributed by atoms with Crippen molar-refractivity contribution in [2.45, 2.75) is 33.6 Å². The molecule has 0 unspecified atom stereocenters. The van der Waals surface area contributed by atoms with E-state index in [4.69, 9.17) is 4.99 Å². The SMILES string of the molecule is CCNC(=NCC(C)(C)CN(C)C)NCCCc1ccccc1.I. The molecule has 138 valence electrons. The Labute approximate surface area is 165 Å². The van der Waals surface area contributed by atoms with E-state index in [2.05, 4.69) is 80.7 Å². The van der Waals surface area contributed by atoms with Crippen molar-refractivity contribution in [3.8, 4) is 0 Å². The number of aryl methyl sites for hydroxylation is 1. The van der Waals surface area contributed by atoms with Crippen LogP contribution < -0.4 is 10.6 Å². The van der Waals surface area contributed by atoms with Gasteiger partial charge in [-0.05, 0) is 44.8 Å². The zero-order chi connectivity index (χ0) is 17.1. The first-order valence-corrected chi connectivity index (χ1v) is 8.64. The van der Waals surface area contributed by atoms with Gasteiger partial charge < -0.3 is 15.5 Å². The third-order valence-corrected chi connectivity index (χ3v) is 3.53. The van der Waals surface area contributed by atoms with Gasteiger partial charge in [0.05, 0.1) is 0 Å². The number of guanidine groups is 1. The van der Waals surface area contributed by atoms with Gasteiger partial charge in [0.15, 0.2) is 5.96 Å². The molecule has 4 nitrogen and oxygen atoms in total. The summed E-state index contributed by atoms with van der Waals surface area (Å²) in [5.41, 5.74) is 1.57. The second kappa shape index (κ2) is 12.5. The van der Waals surface area contributed by atoms with E-state index in [-0.39, 0.29) is 29.4 Å². The van der Waals surface area contributed by atoms with Crippen LogP contribution in [-0.2, 0) is 6.42 Å². The summed E-state index contributed by atoms with van der Waals surface area (Å²) in [6, 6.07) is 10.6. The summed E-state index contributed by atoms with van der Waals surface area (Å²) >= 11 is 0. The van der Waals surface area contributed by atoms with Crippen molar-refractivity contribution in [2.24, 2.45) is 10.4 Å². The van der Waals surface area contributed by atoms with Crippen LogP contribution in [-0.4, -0.2) is 51.1 Å². The van der Waals surface area contributed by atoms with Gasteiger partial charge in [-0.15, -0.1) is 24.0 Å². The van der Waals surface area contributed by atoms with Crippen molar-refractivity contribution in [3.05, 3.63) is 35.9 Å². The molecule has 0 aliphatic carbocycles. The Kier molecular flexibility index (Phi) is 12.1. The first-order valence-electron chi connectivity index (χ1n) is 8.64. The lowest BCUT2D eigenvalue weighted by molar-refractivity contribution is 0.248. The van der Waals surface area contributed by atoms with Crippen LogP contribution in [0.5, 0.6) is 0 Å². The van der Waals surface area contributed by atoms with Crippen LogP contribution in [0.1, 0.15) is 32.8 Å². The third-order valence-electron chi connectivity index (χ3n) is 3.53. The molecule has 5 heteroatoms. The number of aliphatic imine (C=N–C) groups is 1. The van der Waals surface area contributed by atoms with Crippen LogP contribution in [0.4, 0.5) is 0 Å². The molecular formula is C19H35IN4. The topological polar surface area (TPSA) is 39.7 Å². The highest BCUT2D eigenvalue weighted by Crippen LogP contribution is 2.15. The summed E-state index contributed by atoms with van der Waals surface area (Å²) in [6.45, 7) is 10.3. The summed E-state index contributed by atoms with van der Waals surface area (Å²) in [6.07, 6.45) is 2.20. The van der Waals surface area contributed by atoms with Crippen molar-refractivity contribution in [3.63, 3.8) is 0 Å². The highest BCUT2D eigenvalue weighted by atomic mass is 127. The van der Waals surface area contributed by atoms with Gasteiger partial charge in [0.2, 0.25) is 0 Å². The monoisotopic (exact) mass is 446 g/mol. The Balaban J connectivity index is 0.00000529. The fourth-order valence-electron chi connectivity index (χ4n) is 2.68. The van der Waals surface area contributed by atoms with E-state index in [1.807, 2.05) is 0 Å². The predicted octanol–water partition coefficient (Wildman–Crippen LogP) is 3.38. The number of nitrogens with one attached hydrogen (secondary N) is 2. The maximum atomic E-state index is 4.75. The Hall–Kier alpha value is -0.820. The molecule has 0 aliphatic rings. The number of benzene rings is 1. The van der Waals surface area contributed by atoms with Gasteiger partial charge in [0.1, 0.15) is 0 Å². The highest BCUT2D eigenvalue weighted by Gasteiger charge is 2.18. The van der Waals surface area contributed by atoms with Gasteiger partial charge in [-0.25, -0.2) is 0 Å². The van der Waals surface area contributed by atoms with E-state index in [1.165, 1.54) is 5.56 Å². The van der Waals surface area contributed by atoms with Crippen LogP contribution in [0.15, 0.2) is 35.3 Å². The minimum absolute atomic E-state index is 0. The molecule has 0 saturated heterocycles. The van der Waals surface area contributed by atoms with E-state index in [1.54, 1.807) is 0 Å². The second-order valence-electron chi connectivity index (χ2n) is 7.11. The molecule has 24 heavy (non-hydrogen) atoms. The number of rotatable bonds is 9. The maximum absolute atomic E-state index is 4.75. The molecule has 0 fully saturated rings. The standard InChI is InChI=1S/C19H34N4.HI/c1-6-20-18(22-15-19(2,3)16-23(4)5)21-14-10-13-17-11-8-7-9-12-17;/h7-9,11-12H,6,10,13-16H2,1-5H3,(H2,20,21,22);1H. The van der Waals surface area contributed by atoms with Gasteiger partial charge in [-0.2, -0.15) is 0 Å². The molecule has 0 aliphatic heterocycles. The van der Waals surface area contributed by atoms with Gasteiger partial charge in [0.25, 0.3) is 0 Å². The van der Waals surface area contributed by atoms with Crippen molar-refractivity contribution in [1.29, 1.82) is 0 Å². The molecule has 0 radical (unpaired) electrons. The van der Waals surface area contributed by atoms with Crippen LogP contribution in [0.25, 0.3) is 0 Å². The number of hydrogen-bond acceptors (Lipinski definition) is 2. The molecule has 0 amide bonds. The lowest BCUT2D eigenvalue weighted by atomic mass is 9.93. The minimum atomic E-state index is 0. The number of hydrogen-bond donors (Lipinski definition) is 2. The van der Waals surface area contributed by atoms with Crippen LogP contribution in [0, 0.1) is 5.41 Å². The largest absolute Gasteiger partial charge is 0.357 e. The Bertz CT molecular complexity index is 458. The van der Waals surface area contributed by atoms with Crippen LogP contribution in [0.3, 0.4) is 0 Å². The Morgan fingerprint density at radius 3 is 2.38 bits per heavy atom. The molecule has 0 heterocycles. The highest BCUT2D eigenvalue weighted by molar-refractivity contribution is 14.0. The summed E-state index contributed by atoms with van der Waals surface area (Å²) in [5.74, 6) is 0.924. The molecular weight excluding hydrogens is 411 g/mol. The average molecular weight is 446 g/mol. The van der Waals surface area contributed by atoms with Gasteiger partial charge in [-0.1, -0.05) is 44.2 Å². The van der Waals surface area contributed by atoms with Crippen LogP contribution in [0.2, 0.25) is 0 Å². The molecule has 0 spiro atoms. The molecule has 0 atom stereocenters. The van der Waals surface area contributed by atoms with Gasteiger partial charge in [-0.3, -0.25) is 4.99 Å². The summed E-state index contributed by atoms with van der Waals surface area (Å²) in [5, 5.41) is 6.77. The molecule has 1 aromatic rings. The van der Waals surface area contributed by atoms with Crippen molar-refractivity contribution >= 4 is 29.9 Å². The zero-order valence-corrected chi connectivity index (χ0v) is 18.3. The predicted molar refractivity (Wildman–Crippen MR) is 116 cm³/mol. The first kappa shape index (κ1) is 23.2. The first-order chi connectivity index (χ1) is 10.9. The Morgan fingerprint density at radius 2 is 1.79 bits per heavy atom. The summed E-state index contributed by atoms with van der Waals surface area (Å²) in [7, 11) is 4.22. The quantitative estimate of drug-likeness (QED) is 0.265. The molecule has 0 aromatic heterocycles. The average Bonchev–Trinajstić information content (AvgIpc) is 2.49. The summed E-state index contributed by atoms with van der Waals surface area (Å²) < 4.78 is 0. The van der Waals surface area contributed by atoms with Crippen molar-refractivity contribution in [2.75, 3.05) is 40.3 Å². The molecule has 0 saturated carbocycles. The fourth-order valence-corrected chi connectivity index (χ4v) is 2.68. The number of nitrogens with zero attached hydrogens (tertiary/aromatic N) is 2. The van der Waals surface area contributed by atoms with E-state index < -0.39 is 0 Å². The zero-order valence-electron chi connectivity index (χ0n) is 15.9. The Morgan fingerprint density at radius 1 is 1.12 bits per heavy atom. The molecule has 1 aromatic carbocycles. The molecule has 1 rings (SSSR count). The second-order valence-corrected chi connectivity index (χ2v) is 7.11. The normalized spacial score (nSPS) is 12.0. The van der Waals surface area contributed by atoms with E-state index in [0.717, 1.165) is 45.0 Å². The fraction of sp³-hybridized carbons (Fsp3) is 0.632. The molecule has 2 N–H and O–H groups in total. The smallest absolute Gasteiger partial charge is 0.191 e. The van der Waals surface area contributed by atoms with E-state index in [9.17, 15) is 0 Å². The van der Waals surface area contributed by atoms with E-state index in [0.29, 0.717) is 0 Å². The van der Waals surface area contributed by atoms with Gasteiger partial charge in [0, 0.05) is 26.2 Å². The number of halogens is 1. The maximum Gasteiger partial charge on any atom is 0.191 e. The minimum Gasteiger partial charge on any atom is -0.357 e. The lowest BCUT2D eigenvalue weighted by Crippen LogP contribution is -2.39. The third kappa shape index (κ3) is 10.9. The van der Waals surface area contributed by atoms with Crippen molar-refractivity contribution < 1.29 is 0 Å². The lowest BCUT2D eigenvalue weighted by Gasteiger charge is -2.26.